The minimum absolute atomic E-state index is 0.0820. The number of likely N-dealkylation sites (N-methyl/N-ethyl adjacent to an activating group) is 1. The van der Waals surface area contributed by atoms with Crippen molar-refractivity contribution >= 4 is 11.9 Å². The maximum absolute atomic E-state index is 13.0. The van der Waals surface area contributed by atoms with E-state index in [4.69, 9.17) is 18.9 Å². The van der Waals surface area contributed by atoms with Crippen molar-refractivity contribution in [1.29, 1.82) is 0 Å². The lowest BCUT2D eigenvalue weighted by Crippen LogP contribution is -2.74. The van der Waals surface area contributed by atoms with Crippen molar-refractivity contribution in [2.75, 3.05) is 27.2 Å². The van der Waals surface area contributed by atoms with Crippen LogP contribution in [-0.2, 0) is 30.9 Å². The van der Waals surface area contributed by atoms with Gasteiger partial charge in [0.2, 0.25) is 0 Å². The third kappa shape index (κ3) is 3.04. The quantitative estimate of drug-likeness (QED) is 0.596. The van der Waals surface area contributed by atoms with E-state index in [2.05, 4.69) is 16.3 Å². The van der Waals surface area contributed by atoms with Crippen LogP contribution in [0.3, 0.4) is 0 Å². The molecule has 3 aliphatic heterocycles. The van der Waals surface area contributed by atoms with Gasteiger partial charge >= 0.3 is 11.9 Å². The molecular formula is C26H32N2O7. The third-order valence-corrected chi connectivity index (χ3v) is 8.75. The Labute approximate surface area is 204 Å². The second-order valence-corrected chi connectivity index (χ2v) is 10.4. The van der Waals surface area contributed by atoms with E-state index in [0.717, 1.165) is 30.6 Å². The molecule has 9 heteroatoms. The topological polar surface area (TPSA) is 107 Å². The minimum atomic E-state index is -1.07. The van der Waals surface area contributed by atoms with Crippen LogP contribution in [0, 0.1) is 0 Å². The first-order valence-electron chi connectivity index (χ1n) is 12.5. The first kappa shape index (κ1) is 22.8. The number of rotatable bonds is 5. The molecule has 0 saturated carbocycles. The molecule has 0 amide bonds. The van der Waals surface area contributed by atoms with Crippen molar-refractivity contribution in [2.24, 2.45) is 0 Å². The Morgan fingerprint density at radius 2 is 2.17 bits per heavy atom. The number of carbonyl (C=O) groups is 2. The van der Waals surface area contributed by atoms with Crippen molar-refractivity contribution in [3.63, 3.8) is 0 Å². The van der Waals surface area contributed by atoms with Crippen LogP contribution < -0.4 is 14.8 Å². The summed E-state index contributed by atoms with van der Waals surface area (Å²) in [5.41, 5.74) is 0.280. The van der Waals surface area contributed by atoms with Crippen LogP contribution in [-0.4, -0.2) is 79.1 Å². The normalized spacial score (nSPS) is 35.4. The molecule has 1 spiro atoms. The number of aliphatic hydroxyl groups is 1. The number of methoxy groups -OCH3 is 1. The third-order valence-electron chi connectivity index (χ3n) is 8.75. The highest BCUT2D eigenvalue weighted by Crippen LogP contribution is 2.65. The van der Waals surface area contributed by atoms with E-state index < -0.39 is 35.2 Å². The van der Waals surface area contributed by atoms with Crippen LogP contribution >= 0.6 is 0 Å². The van der Waals surface area contributed by atoms with Crippen LogP contribution in [0.5, 0.6) is 11.5 Å². The summed E-state index contributed by atoms with van der Waals surface area (Å²) in [7, 11) is 3.64. The number of benzene rings is 1. The van der Waals surface area contributed by atoms with E-state index in [9.17, 15) is 14.7 Å². The molecule has 35 heavy (non-hydrogen) atoms. The van der Waals surface area contributed by atoms with E-state index in [1.54, 1.807) is 13.2 Å². The van der Waals surface area contributed by atoms with Gasteiger partial charge in [-0.05, 0) is 70.5 Å². The van der Waals surface area contributed by atoms with Gasteiger partial charge in [-0.1, -0.05) is 6.07 Å². The zero-order chi connectivity index (χ0) is 24.5. The Balaban J connectivity index is 1.32. The van der Waals surface area contributed by atoms with Crippen LogP contribution in [0.4, 0.5) is 0 Å². The molecule has 6 atom stereocenters. The van der Waals surface area contributed by atoms with Gasteiger partial charge in [0.05, 0.1) is 18.1 Å². The highest BCUT2D eigenvalue weighted by atomic mass is 16.6. The number of nitrogens with one attached hydrogen (secondary N) is 1. The van der Waals surface area contributed by atoms with Gasteiger partial charge in [-0.25, -0.2) is 4.79 Å². The molecule has 5 aliphatic rings. The largest absolute Gasteiger partial charge is 0.493 e. The number of esters is 2. The Morgan fingerprint density at radius 3 is 2.91 bits per heavy atom. The maximum Gasteiger partial charge on any atom is 0.352 e. The average molecular weight is 485 g/mol. The standard InChI is InChI=1S/C26H32N2O7/c1-14(33-24(30)16-5-4-11-27-16)23(29)34-18-8-9-26(31)19-13-15-6-7-17(32-3)21-20(15)25(26,22(18)35-21)10-12-28(19)2/h6-8,14,16,19,22,27,31H,4-5,9-13H2,1-3H3/t14-,16-,19+,22-,25-,26+/m0/s1. The number of carbonyl (C=O) groups excluding carboxylic acids is 2. The fourth-order valence-electron chi connectivity index (χ4n) is 6.98. The average Bonchev–Trinajstić information content (AvgIpc) is 3.49. The van der Waals surface area contributed by atoms with E-state index >= 15 is 0 Å². The second kappa shape index (κ2) is 7.94. The van der Waals surface area contributed by atoms with E-state index in [0.29, 0.717) is 42.9 Å². The summed E-state index contributed by atoms with van der Waals surface area (Å²) in [6.07, 6.45) is 3.33. The maximum atomic E-state index is 13.0. The Hall–Kier alpha value is -2.62. The predicted molar refractivity (Wildman–Crippen MR) is 124 cm³/mol. The highest BCUT2D eigenvalue weighted by Gasteiger charge is 2.72. The van der Waals surface area contributed by atoms with Crippen LogP contribution in [0.1, 0.15) is 43.7 Å². The number of likely N-dealkylation sites (tertiary alicyclic amines) is 1. The van der Waals surface area contributed by atoms with Crippen LogP contribution in [0.15, 0.2) is 24.0 Å². The van der Waals surface area contributed by atoms with E-state index in [-0.39, 0.29) is 12.1 Å². The molecule has 1 aromatic carbocycles. The van der Waals surface area contributed by atoms with Gasteiger partial charge < -0.3 is 34.3 Å². The van der Waals surface area contributed by atoms with Gasteiger partial charge in [0.1, 0.15) is 11.8 Å². The Morgan fingerprint density at radius 1 is 1.34 bits per heavy atom. The molecule has 2 bridgehead atoms. The number of nitrogens with zero attached hydrogens (tertiary/aromatic N) is 1. The summed E-state index contributed by atoms with van der Waals surface area (Å²) < 4.78 is 23.3. The lowest BCUT2D eigenvalue weighted by atomic mass is 9.50. The molecule has 2 fully saturated rings. The van der Waals surface area contributed by atoms with Gasteiger partial charge in [-0.3, -0.25) is 4.79 Å². The lowest BCUT2D eigenvalue weighted by Gasteiger charge is -2.61. The first-order chi connectivity index (χ1) is 16.8. The van der Waals surface area contributed by atoms with Gasteiger partial charge in [0.25, 0.3) is 0 Å². The molecule has 0 aromatic heterocycles. The number of hydrogen-bond donors (Lipinski definition) is 2. The molecule has 2 N–H and O–H groups in total. The SMILES string of the molecule is COc1ccc2c3c1O[C@H]1C(OC(=O)[C@H](C)OC(=O)[C@@H]4CCCN4)=CC[C@@]4(O)[C@@H](C2)N(C)CC[C@]314. The van der Waals surface area contributed by atoms with Gasteiger partial charge in [-0.15, -0.1) is 0 Å². The zero-order valence-corrected chi connectivity index (χ0v) is 20.3. The summed E-state index contributed by atoms with van der Waals surface area (Å²) in [6, 6.07) is 3.49. The van der Waals surface area contributed by atoms with Crippen molar-refractivity contribution in [3.05, 3.63) is 35.1 Å². The van der Waals surface area contributed by atoms with E-state index in [1.807, 2.05) is 13.1 Å². The van der Waals surface area contributed by atoms with Crippen molar-refractivity contribution in [3.8, 4) is 11.5 Å². The summed E-state index contributed by atoms with van der Waals surface area (Å²) in [6.45, 7) is 3.06. The van der Waals surface area contributed by atoms with Crippen LogP contribution in [0.25, 0.3) is 0 Å². The summed E-state index contributed by atoms with van der Waals surface area (Å²) in [5.74, 6) is 0.477. The smallest absolute Gasteiger partial charge is 0.352 e. The molecule has 188 valence electrons. The molecule has 9 nitrogen and oxygen atoms in total. The number of ether oxygens (including phenoxy) is 4. The molecule has 1 aromatic rings. The van der Waals surface area contributed by atoms with Gasteiger partial charge in [-0.2, -0.15) is 0 Å². The molecule has 3 heterocycles. The fraction of sp³-hybridized carbons (Fsp3) is 0.615. The van der Waals surface area contributed by atoms with Gasteiger partial charge in [0, 0.05) is 18.0 Å². The summed E-state index contributed by atoms with van der Waals surface area (Å²) in [4.78, 5) is 27.6. The molecule has 0 unspecified atom stereocenters. The fourth-order valence-corrected chi connectivity index (χ4v) is 6.98. The molecule has 6 rings (SSSR count). The molecule has 0 radical (unpaired) electrons. The summed E-state index contributed by atoms with van der Waals surface area (Å²) >= 11 is 0. The lowest BCUT2D eigenvalue weighted by molar-refractivity contribution is -0.176. The number of piperidine rings is 1. The van der Waals surface area contributed by atoms with Crippen molar-refractivity contribution in [2.45, 2.75) is 74.3 Å². The monoisotopic (exact) mass is 484 g/mol. The predicted octanol–water partition coefficient (Wildman–Crippen LogP) is 1.20. The van der Waals surface area contributed by atoms with Crippen molar-refractivity contribution in [1.82, 2.24) is 10.2 Å². The summed E-state index contributed by atoms with van der Waals surface area (Å²) in [5, 5.41) is 15.3. The van der Waals surface area contributed by atoms with Crippen molar-refractivity contribution < 1.29 is 33.6 Å². The molecule has 2 aliphatic carbocycles. The zero-order valence-electron chi connectivity index (χ0n) is 20.3. The van der Waals surface area contributed by atoms with E-state index in [1.165, 1.54) is 6.92 Å². The van der Waals surface area contributed by atoms with Gasteiger partial charge in [0.15, 0.2) is 23.7 Å². The highest BCUT2D eigenvalue weighted by molar-refractivity contribution is 5.82. The molecular weight excluding hydrogens is 452 g/mol. The number of hydrogen-bond acceptors (Lipinski definition) is 9. The van der Waals surface area contributed by atoms with Crippen LogP contribution in [0.2, 0.25) is 0 Å². The second-order valence-electron chi connectivity index (χ2n) is 10.4. The Kier molecular flexibility index (Phi) is 5.18. The Bertz CT molecular complexity index is 1110. The molecule has 2 saturated heterocycles. The minimum Gasteiger partial charge on any atom is -0.493 e. The first-order valence-corrected chi connectivity index (χ1v) is 12.5.